The van der Waals surface area contributed by atoms with Crippen LogP contribution in [0.1, 0.15) is 110 Å². The molecule has 280 valence electrons. The van der Waals surface area contributed by atoms with Gasteiger partial charge in [-0.2, -0.15) is 0 Å². The van der Waals surface area contributed by atoms with Gasteiger partial charge in [0.1, 0.15) is 23.3 Å². The van der Waals surface area contributed by atoms with Gasteiger partial charge in [0, 0.05) is 117 Å². The monoisotopic (exact) mass is 780 g/mol. The van der Waals surface area contributed by atoms with Crippen LogP contribution in [0.15, 0.2) is 72.8 Å². The molecule has 0 aliphatic carbocycles. The molecule has 0 saturated carbocycles. The third kappa shape index (κ3) is 10.2. The normalized spacial score (nSPS) is 14.1. The van der Waals surface area contributed by atoms with E-state index in [-0.39, 0.29) is 94.3 Å². The molecule has 8 bridgehead atoms. The molecule has 2 N–H and O–H groups in total. The van der Waals surface area contributed by atoms with E-state index < -0.39 is 23.3 Å². The van der Waals surface area contributed by atoms with Gasteiger partial charge < -0.3 is 19.4 Å². The third-order valence-corrected chi connectivity index (χ3v) is 10.1. The molecular weight excluding hydrogens is 738 g/mol. The van der Waals surface area contributed by atoms with Crippen LogP contribution >= 0.6 is 0 Å². The predicted octanol–water partition coefficient (Wildman–Crippen LogP) is 11.0. The van der Waals surface area contributed by atoms with E-state index in [0.717, 1.165) is 56.0 Å². The maximum Gasteiger partial charge on any atom is 0.129 e. The van der Waals surface area contributed by atoms with E-state index >= 15 is 0 Å². The third-order valence-electron chi connectivity index (χ3n) is 10.1. The largest absolute Gasteiger partial charge is 0.374 e. The van der Waals surface area contributed by atoms with Crippen molar-refractivity contribution < 1.29 is 27.0 Å². The van der Waals surface area contributed by atoms with Gasteiger partial charge in [0.15, 0.2) is 0 Å². The second kappa shape index (κ2) is 19.4. The second-order valence-corrected chi connectivity index (χ2v) is 14.0. The van der Waals surface area contributed by atoms with Crippen LogP contribution < -0.4 is 0 Å². The van der Waals surface area contributed by atoms with Gasteiger partial charge in [0.25, 0.3) is 0 Å². The van der Waals surface area contributed by atoms with Crippen molar-refractivity contribution >= 4 is 105 Å². The summed E-state index contributed by atoms with van der Waals surface area (Å²) in [5.41, 5.74) is 8.28. The Morgan fingerprint density at radius 2 is 0.893 bits per heavy atom. The SMILES string of the molecule is CC(CCOC(C)c1cc2cc3[nH]c(cc4nc(cc5nc(cc1[nH]2)C=C5)C=C4)cc3C(C)OCCC(C)c1c(F)cccc1F)c1c(F)cccc1F.[Na].[Na]. The standard InChI is InChI=1S/C44H42F4N4O2.2Na/c1-25(43-37(45)7-5-8-38(43)46)15-17-53-27(3)35-21-33-20-31-12-11-29(49-31)19-30-13-14-32(50-30)23-41-36(22-34(52-41)24-42(35)51-33)28(4)54-18-16-26(2)44-39(47)9-6-10-40(44)48;;/h5-14,19-28,51-52H,15-18H2,1-4H3;;. The van der Waals surface area contributed by atoms with Crippen LogP contribution in [0.25, 0.3) is 46.4 Å². The van der Waals surface area contributed by atoms with Crippen molar-refractivity contribution in [2.75, 3.05) is 13.2 Å². The van der Waals surface area contributed by atoms with Crippen LogP contribution in [0.4, 0.5) is 17.6 Å². The molecule has 5 heterocycles. The van der Waals surface area contributed by atoms with Gasteiger partial charge in [-0.15, -0.1) is 0 Å². The van der Waals surface area contributed by atoms with E-state index in [2.05, 4.69) is 9.97 Å². The summed E-state index contributed by atoms with van der Waals surface area (Å²) in [4.78, 5) is 16.6. The number of hydrogen-bond acceptors (Lipinski definition) is 4. The number of benzene rings is 2. The zero-order valence-corrected chi connectivity index (χ0v) is 36.6. The van der Waals surface area contributed by atoms with Crippen LogP contribution in [-0.4, -0.2) is 92.3 Å². The number of hydrogen-bond donors (Lipinski definition) is 2. The first-order valence-corrected chi connectivity index (χ1v) is 18.3. The van der Waals surface area contributed by atoms with Crippen molar-refractivity contribution in [1.82, 2.24) is 19.9 Å². The van der Waals surface area contributed by atoms with Gasteiger partial charge in [-0.05, 0) is 123 Å². The van der Waals surface area contributed by atoms with Crippen molar-refractivity contribution in [3.8, 4) is 0 Å². The Labute approximate surface area is 368 Å². The van der Waals surface area contributed by atoms with Gasteiger partial charge in [-0.1, -0.05) is 26.0 Å². The molecule has 56 heavy (non-hydrogen) atoms. The molecule has 6 nitrogen and oxygen atoms in total. The number of aromatic amines is 2. The van der Waals surface area contributed by atoms with Crippen molar-refractivity contribution in [2.45, 2.75) is 64.6 Å². The molecule has 12 heteroatoms. The van der Waals surface area contributed by atoms with Crippen LogP contribution in [-0.2, 0) is 9.47 Å². The predicted molar refractivity (Wildman–Crippen MR) is 218 cm³/mol. The molecule has 2 radical (unpaired) electrons. The van der Waals surface area contributed by atoms with E-state index in [9.17, 15) is 17.6 Å². The molecule has 2 aromatic carbocycles. The topological polar surface area (TPSA) is 75.8 Å². The van der Waals surface area contributed by atoms with Gasteiger partial charge in [0.2, 0.25) is 0 Å². The van der Waals surface area contributed by atoms with Gasteiger partial charge in [-0.3, -0.25) is 0 Å². The minimum Gasteiger partial charge on any atom is -0.374 e. The number of nitrogens with zero attached hydrogens (tertiary/aromatic N) is 2. The molecule has 2 aliphatic heterocycles. The van der Waals surface area contributed by atoms with Crippen LogP contribution in [0.2, 0.25) is 0 Å². The fourth-order valence-corrected chi connectivity index (χ4v) is 7.08. The molecule has 5 aromatic rings. The zero-order chi connectivity index (χ0) is 37.9. The molecule has 0 amide bonds. The Hall–Kier alpha value is -3.32. The fourth-order valence-electron chi connectivity index (χ4n) is 7.08. The van der Waals surface area contributed by atoms with E-state index in [1.54, 1.807) is 13.8 Å². The number of ether oxygens (including phenoxy) is 2. The number of halogens is 4. The number of nitrogens with one attached hydrogen (secondary N) is 2. The maximum atomic E-state index is 14.4. The Morgan fingerprint density at radius 3 is 1.34 bits per heavy atom. The molecule has 0 spiro atoms. The van der Waals surface area contributed by atoms with Crippen molar-refractivity contribution in [3.63, 3.8) is 0 Å². The first kappa shape index (κ1) is 43.8. The summed E-state index contributed by atoms with van der Waals surface area (Å²) < 4.78 is 70.3. The van der Waals surface area contributed by atoms with Crippen molar-refractivity contribution in [1.29, 1.82) is 0 Å². The first-order valence-electron chi connectivity index (χ1n) is 18.3. The minimum absolute atomic E-state index is 0. The average Bonchev–Trinajstić information content (AvgIpc) is 3.93. The quantitative estimate of drug-likeness (QED) is 0.0956. The van der Waals surface area contributed by atoms with Crippen LogP contribution in [0.5, 0.6) is 0 Å². The zero-order valence-electron chi connectivity index (χ0n) is 32.6. The summed E-state index contributed by atoms with van der Waals surface area (Å²) in [6.07, 6.45) is 7.93. The summed E-state index contributed by atoms with van der Waals surface area (Å²) in [6, 6.07) is 19.8. The molecular formula is C44H42F4N4Na2O2. The summed E-state index contributed by atoms with van der Waals surface area (Å²) >= 11 is 0. The Kier molecular flexibility index (Phi) is 15.2. The van der Waals surface area contributed by atoms with Crippen molar-refractivity contribution in [2.24, 2.45) is 0 Å². The van der Waals surface area contributed by atoms with E-state index in [1.165, 1.54) is 36.4 Å². The Morgan fingerprint density at radius 1 is 0.518 bits per heavy atom. The number of rotatable bonds is 12. The molecule has 0 fully saturated rings. The van der Waals surface area contributed by atoms with Gasteiger partial charge >= 0.3 is 0 Å². The molecule has 0 saturated heterocycles. The summed E-state index contributed by atoms with van der Waals surface area (Å²) in [7, 11) is 0. The fraction of sp³-hybridized carbons (Fsp3) is 0.273. The summed E-state index contributed by atoms with van der Waals surface area (Å²) in [5.74, 6) is -2.97. The summed E-state index contributed by atoms with van der Waals surface area (Å²) in [5, 5.41) is 0. The first-order chi connectivity index (χ1) is 26.0. The maximum absolute atomic E-state index is 14.4. The van der Waals surface area contributed by atoms with Crippen LogP contribution in [0, 0.1) is 23.3 Å². The second-order valence-electron chi connectivity index (χ2n) is 14.0. The van der Waals surface area contributed by atoms with Gasteiger partial charge in [-0.25, -0.2) is 27.5 Å². The Bertz CT molecular complexity index is 2370. The van der Waals surface area contributed by atoms with E-state index in [0.29, 0.717) is 26.1 Å². The average molecular weight is 781 g/mol. The molecule has 4 atom stereocenters. The smallest absolute Gasteiger partial charge is 0.129 e. The van der Waals surface area contributed by atoms with Gasteiger partial charge in [0.05, 0.1) is 35.0 Å². The Balaban J connectivity index is 0.00000300. The number of H-pyrrole nitrogens is 2. The van der Waals surface area contributed by atoms with Crippen LogP contribution in [0.3, 0.4) is 0 Å². The summed E-state index contributed by atoms with van der Waals surface area (Å²) in [6.45, 7) is 8.08. The molecule has 2 aliphatic rings. The molecule has 7 rings (SSSR count). The molecule has 4 unspecified atom stereocenters. The minimum atomic E-state index is -0.557. The molecule has 3 aromatic heterocycles. The number of aromatic nitrogens is 4. The van der Waals surface area contributed by atoms with E-state index in [4.69, 9.17) is 19.4 Å². The number of fused-ring (bicyclic) bond motifs is 8. The van der Waals surface area contributed by atoms with E-state index in [1.807, 2.05) is 74.5 Å². The van der Waals surface area contributed by atoms with Crippen molar-refractivity contribution in [3.05, 3.63) is 141 Å².